The first-order chi connectivity index (χ1) is 22.6. The number of hydrogen-bond acceptors (Lipinski definition) is 2. The molecule has 6 aromatic carbocycles. The average molecular weight is 601 g/mol. The van der Waals surface area contributed by atoms with Crippen molar-refractivity contribution in [3.8, 4) is 0 Å². The van der Waals surface area contributed by atoms with Crippen molar-refractivity contribution in [3.05, 3.63) is 144 Å². The molecular weight excluding hydrogens is 560 g/mol. The van der Waals surface area contributed by atoms with E-state index in [0.29, 0.717) is 0 Å². The molecule has 0 saturated carbocycles. The topological polar surface area (TPSA) is 12.5 Å². The SMILES string of the molecule is CC[N+]1=C(c2ccc(N(C)CCN(C)c3ccc(C4=[N+](CC)c5cccc6cccc4c56)cc3)cc2)c2cccc3cccc1c23. The smallest absolute Gasteiger partial charge is 0.221 e. The molecule has 0 spiro atoms. The van der Waals surface area contributed by atoms with Crippen molar-refractivity contribution in [2.24, 2.45) is 0 Å². The highest BCUT2D eigenvalue weighted by atomic mass is 15.2. The maximum absolute atomic E-state index is 2.46. The molecule has 4 heteroatoms. The minimum atomic E-state index is 0.929. The third-order valence-corrected chi connectivity index (χ3v) is 9.96. The van der Waals surface area contributed by atoms with Crippen LogP contribution in [0.25, 0.3) is 21.5 Å². The Morgan fingerprint density at radius 3 is 1.20 bits per heavy atom. The van der Waals surface area contributed by atoms with E-state index in [4.69, 9.17) is 0 Å². The van der Waals surface area contributed by atoms with E-state index in [0.717, 1.165) is 26.2 Å². The minimum Gasteiger partial charge on any atom is -0.373 e. The lowest BCUT2D eigenvalue weighted by Gasteiger charge is -2.25. The Hall–Kier alpha value is -5.22. The Labute approximate surface area is 271 Å². The molecule has 6 aromatic rings. The molecule has 8 rings (SSSR count). The summed E-state index contributed by atoms with van der Waals surface area (Å²) in [5, 5.41) is 5.35. The molecule has 0 aromatic heterocycles. The second kappa shape index (κ2) is 11.3. The van der Waals surface area contributed by atoms with Gasteiger partial charge in [-0.15, -0.1) is 0 Å². The Bertz CT molecular complexity index is 2020. The van der Waals surface area contributed by atoms with Gasteiger partial charge in [-0.3, -0.25) is 0 Å². The highest BCUT2D eigenvalue weighted by molar-refractivity contribution is 6.23. The Morgan fingerprint density at radius 2 is 0.826 bits per heavy atom. The molecule has 2 aliphatic heterocycles. The maximum Gasteiger partial charge on any atom is 0.221 e. The molecule has 0 amide bonds. The van der Waals surface area contributed by atoms with Gasteiger partial charge in [0.05, 0.1) is 21.9 Å². The number of nitrogens with zero attached hydrogens (tertiary/aromatic N) is 4. The average Bonchev–Trinajstić information content (AvgIpc) is 3.62. The van der Waals surface area contributed by atoms with Crippen LogP contribution in [0, 0.1) is 0 Å². The van der Waals surface area contributed by atoms with Crippen molar-refractivity contribution in [1.29, 1.82) is 0 Å². The molecule has 0 atom stereocenters. The second-order valence-corrected chi connectivity index (χ2v) is 12.5. The third kappa shape index (κ3) is 4.43. The fraction of sp³-hybridized carbons (Fsp3) is 0.190. The zero-order valence-corrected chi connectivity index (χ0v) is 27.2. The first kappa shape index (κ1) is 28.3. The van der Waals surface area contributed by atoms with Gasteiger partial charge < -0.3 is 9.80 Å². The van der Waals surface area contributed by atoms with Gasteiger partial charge in [0.1, 0.15) is 13.1 Å². The van der Waals surface area contributed by atoms with Crippen molar-refractivity contribution >= 4 is 55.7 Å². The van der Waals surface area contributed by atoms with Crippen molar-refractivity contribution in [3.63, 3.8) is 0 Å². The van der Waals surface area contributed by atoms with Gasteiger partial charge in [0.25, 0.3) is 0 Å². The first-order valence-corrected chi connectivity index (χ1v) is 16.5. The van der Waals surface area contributed by atoms with E-state index >= 15 is 0 Å². The number of hydrogen-bond donors (Lipinski definition) is 0. The summed E-state index contributed by atoms with van der Waals surface area (Å²) >= 11 is 0. The molecule has 4 nitrogen and oxygen atoms in total. The predicted molar refractivity (Wildman–Crippen MR) is 195 cm³/mol. The lowest BCUT2D eigenvalue weighted by Crippen LogP contribution is -2.30. The highest BCUT2D eigenvalue weighted by Crippen LogP contribution is 2.38. The summed E-state index contributed by atoms with van der Waals surface area (Å²) in [5.41, 5.74) is 12.9. The van der Waals surface area contributed by atoms with Crippen LogP contribution < -0.4 is 9.80 Å². The van der Waals surface area contributed by atoms with Crippen LogP contribution in [-0.4, -0.2) is 60.8 Å². The van der Waals surface area contributed by atoms with Crippen LogP contribution in [0.3, 0.4) is 0 Å². The largest absolute Gasteiger partial charge is 0.373 e. The van der Waals surface area contributed by atoms with Crippen LogP contribution in [0.4, 0.5) is 22.7 Å². The van der Waals surface area contributed by atoms with E-state index in [1.165, 1.54) is 78.0 Å². The summed E-state index contributed by atoms with van der Waals surface area (Å²) in [6.07, 6.45) is 0. The normalized spacial score (nSPS) is 13.4. The second-order valence-electron chi connectivity index (χ2n) is 12.5. The number of anilines is 2. The van der Waals surface area contributed by atoms with Crippen molar-refractivity contribution in [2.45, 2.75) is 13.8 Å². The predicted octanol–water partition coefficient (Wildman–Crippen LogP) is 8.60. The molecule has 0 saturated heterocycles. The van der Waals surface area contributed by atoms with Gasteiger partial charge in [-0.1, -0.05) is 48.5 Å². The summed E-state index contributed by atoms with van der Waals surface area (Å²) < 4.78 is 4.92. The minimum absolute atomic E-state index is 0.929. The summed E-state index contributed by atoms with van der Waals surface area (Å²) in [7, 11) is 4.38. The first-order valence-electron chi connectivity index (χ1n) is 16.5. The van der Waals surface area contributed by atoms with Gasteiger partial charge in [-0.2, -0.15) is 9.15 Å². The molecule has 0 N–H and O–H groups in total. The highest BCUT2D eigenvalue weighted by Gasteiger charge is 2.33. The molecule has 0 fully saturated rings. The van der Waals surface area contributed by atoms with Gasteiger partial charge in [0.15, 0.2) is 0 Å². The fourth-order valence-corrected chi connectivity index (χ4v) is 7.60. The van der Waals surface area contributed by atoms with Crippen LogP contribution in [0.15, 0.2) is 121 Å². The molecule has 0 bridgehead atoms. The quantitative estimate of drug-likeness (QED) is 0.154. The summed E-state index contributed by atoms with van der Waals surface area (Å²) in [4.78, 5) is 4.71. The van der Waals surface area contributed by atoms with Crippen molar-refractivity contribution in [2.75, 3.05) is 50.1 Å². The molecule has 0 unspecified atom stereocenters. The Morgan fingerprint density at radius 1 is 0.457 bits per heavy atom. The van der Waals surface area contributed by atoms with Gasteiger partial charge >= 0.3 is 0 Å². The monoisotopic (exact) mass is 600 g/mol. The molecule has 2 heterocycles. The van der Waals surface area contributed by atoms with Crippen molar-refractivity contribution < 1.29 is 9.15 Å². The lowest BCUT2D eigenvalue weighted by atomic mass is 9.98. The molecular formula is C42H40N4+2. The Balaban J connectivity index is 0.971. The summed E-state index contributed by atoms with van der Waals surface area (Å²) in [6, 6.07) is 44.8. The van der Waals surface area contributed by atoms with Crippen LogP contribution in [0.2, 0.25) is 0 Å². The van der Waals surface area contributed by atoms with E-state index in [-0.39, 0.29) is 0 Å². The number of rotatable bonds is 9. The van der Waals surface area contributed by atoms with Crippen LogP contribution >= 0.6 is 0 Å². The van der Waals surface area contributed by atoms with Gasteiger partial charge in [-0.25, -0.2) is 0 Å². The summed E-state index contributed by atoms with van der Waals surface area (Å²) in [5.74, 6) is 0. The van der Waals surface area contributed by atoms with Crippen LogP contribution in [0.1, 0.15) is 36.1 Å². The number of benzene rings is 6. The lowest BCUT2D eigenvalue weighted by molar-refractivity contribution is -0.431. The van der Waals surface area contributed by atoms with E-state index in [9.17, 15) is 0 Å². The zero-order chi connectivity index (χ0) is 31.4. The molecule has 226 valence electrons. The number of likely N-dealkylation sites (N-methyl/N-ethyl adjacent to an activating group) is 2. The zero-order valence-electron chi connectivity index (χ0n) is 27.2. The standard InChI is InChI=1S/C42H40N4/c1-5-45-37-17-9-13-29-11-7-15-35(39(29)37)41(45)31-19-23-33(24-20-31)43(3)27-28-44(4)34-25-21-32(22-26-34)42-36-16-8-12-30-14-10-18-38(40(30)36)46(42)6-2/h7-26H,5-6,27-28H2,1-4H3/q+2. The Kier molecular flexibility index (Phi) is 6.94. The van der Waals surface area contributed by atoms with Gasteiger partial charge in [-0.05, 0) is 85.3 Å². The van der Waals surface area contributed by atoms with E-state index < -0.39 is 0 Å². The molecule has 0 radical (unpaired) electrons. The van der Waals surface area contributed by atoms with Crippen molar-refractivity contribution in [1.82, 2.24) is 0 Å². The third-order valence-electron chi connectivity index (χ3n) is 9.96. The van der Waals surface area contributed by atoms with E-state index in [1.54, 1.807) is 0 Å². The fourth-order valence-electron chi connectivity index (χ4n) is 7.60. The van der Waals surface area contributed by atoms with E-state index in [2.05, 4.69) is 168 Å². The molecule has 46 heavy (non-hydrogen) atoms. The van der Waals surface area contributed by atoms with Gasteiger partial charge in [0.2, 0.25) is 22.8 Å². The van der Waals surface area contributed by atoms with Crippen LogP contribution in [0.5, 0.6) is 0 Å². The van der Waals surface area contributed by atoms with Gasteiger partial charge in [0, 0.05) is 61.8 Å². The van der Waals surface area contributed by atoms with E-state index in [1.807, 2.05) is 0 Å². The maximum atomic E-state index is 2.46. The van der Waals surface area contributed by atoms with Crippen LogP contribution in [-0.2, 0) is 0 Å². The summed E-state index contributed by atoms with van der Waals surface area (Å²) in [6.45, 7) is 8.22. The molecule has 0 aliphatic carbocycles. The molecule has 2 aliphatic rings.